The van der Waals surface area contributed by atoms with E-state index in [4.69, 9.17) is 4.74 Å². The zero-order chi connectivity index (χ0) is 16.9. The van der Waals surface area contributed by atoms with E-state index in [1.165, 1.54) is 19.2 Å². The molecule has 2 unspecified atom stereocenters. The van der Waals surface area contributed by atoms with Crippen LogP contribution in [0.5, 0.6) is 0 Å². The Hall–Kier alpha value is -1.64. The van der Waals surface area contributed by atoms with Gasteiger partial charge in [0.15, 0.2) is 0 Å². The van der Waals surface area contributed by atoms with Crippen molar-refractivity contribution in [3.8, 4) is 0 Å². The van der Waals surface area contributed by atoms with Crippen molar-refractivity contribution in [1.29, 1.82) is 0 Å². The fourth-order valence-corrected chi connectivity index (χ4v) is 2.50. The van der Waals surface area contributed by atoms with E-state index < -0.39 is 29.9 Å². The molecule has 1 aromatic rings. The maximum atomic E-state index is 11.5. The number of carbonyl (C=O) groups excluding carboxylic acids is 2. The van der Waals surface area contributed by atoms with Crippen molar-refractivity contribution >= 4 is 23.4 Å². The third kappa shape index (κ3) is 5.63. The molecule has 1 heterocycles. The lowest BCUT2D eigenvalue weighted by molar-refractivity contribution is 0.0146. The highest BCUT2D eigenvalue weighted by molar-refractivity contribution is 7.14. The molecule has 0 aliphatic heterocycles. The largest absolute Gasteiger partial charge is 0.465 e. The quantitative estimate of drug-likeness (QED) is 0.705. The topological polar surface area (TPSA) is 105 Å². The van der Waals surface area contributed by atoms with E-state index in [9.17, 15) is 19.8 Å². The zero-order valence-corrected chi connectivity index (χ0v) is 13.8. The molecular weight excluding hydrogens is 310 g/mol. The number of aliphatic hydroxyl groups excluding tert-OH is 2. The minimum Gasteiger partial charge on any atom is -0.465 e. The third-order valence-corrected chi connectivity index (χ3v) is 3.66. The molecule has 0 aliphatic rings. The average molecular weight is 331 g/mol. The normalized spacial score (nSPS) is 14.1. The van der Waals surface area contributed by atoms with Gasteiger partial charge in [-0.2, -0.15) is 0 Å². The standard InChI is InChI=1S/C14H21NO6S/c1-14(2,3)21-13(19)15-7-8(16)11(17)9-5-6-10(22-9)12(18)20-4/h5-6,8,11,16-17H,7H2,1-4H3,(H,15,19). The average Bonchev–Trinajstić information content (AvgIpc) is 2.90. The Morgan fingerprint density at radius 3 is 2.50 bits per heavy atom. The van der Waals surface area contributed by atoms with Crippen LogP contribution < -0.4 is 5.32 Å². The highest BCUT2D eigenvalue weighted by Crippen LogP contribution is 2.26. The lowest BCUT2D eigenvalue weighted by Crippen LogP contribution is -2.38. The molecule has 0 bridgehead atoms. The number of methoxy groups -OCH3 is 1. The molecule has 124 valence electrons. The Bertz CT molecular complexity index is 522. The van der Waals surface area contributed by atoms with Crippen LogP contribution in [-0.2, 0) is 9.47 Å². The van der Waals surface area contributed by atoms with Crippen molar-refractivity contribution in [3.63, 3.8) is 0 Å². The fourth-order valence-electron chi connectivity index (χ4n) is 1.53. The lowest BCUT2D eigenvalue weighted by Gasteiger charge is -2.21. The summed E-state index contributed by atoms with van der Waals surface area (Å²) in [6, 6.07) is 3.03. The molecule has 1 amide bonds. The Kier molecular flexibility index (Phi) is 6.34. The predicted molar refractivity (Wildman–Crippen MR) is 80.9 cm³/mol. The van der Waals surface area contributed by atoms with Gasteiger partial charge < -0.3 is 25.0 Å². The van der Waals surface area contributed by atoms with Crippen molar-refractivity contribution in [1.82, 2.24) is 5.32 Å². The van der Waals surface area contributed by atoms with Gasteiger partial charge in [0.25, 0.3) is 0 Å². The first kappa shape index (κ1) is 18.4. The van der Waals surface area contributed by atoms with Gasteiger partial charge in [-0.3, -0.25) is 0 Å². The molecule has 0 fully saturated rings. The van der Waals surface area contributed by atoms with E-state index in [0.29, 0.717) is 9.75 Å². The summed E-state index contributed by atoms with van der Waals surface area (Å²) in [7, 11) is 1.26. The summed E-state index contributed by atoms with van der Waals surface area (Å²) in [5, 5.41) is 22.3. The molecule has 22 heavy (non-hydrogen) atoms. The molecule has 7 nitrogen and oxygen atoms in total. The molecule has 2 atom stereocenters. The molecule has 1 aromatic heterocycles. The van der Waals surface area contributed by atoms with Gasteiger partial charge in [0.1, 0.15) is 22.7 Å². The first-order valence-corrected chi connectivity index (χ1v) is 7.46. The highest BCUT2D eigenvalue weighted by Gasteiger charge is 2.23. The number of esters is 1. The summed E-state index contributed by atoms with van der Waals surface area (Å²) in [5.41, 5.74) is -0.642. The summed E-state index contributed by atoms with van der Waals surface area (Å²) in [6.45, 7) is 4.98. The van der Waals surface area contributed by atoms with Crippen LogP contribution in [0.25, 0.3) is 0 Å². The Morgan fingerprint density at radius 1 is 1.32 bits per heavy atom. The second kappa shape index (κ2) is 7.57. The Labute approximate surface area is 132 Å². The van der Waals surface area contributed by atoms with Gasteiger partial charge in [0, 0.05) is 11.4 Å². The second-order valence-corrected chi connectivity index (χ2v) is 6.70. The maximum absolute atomic E-state index is 11.5. The summed E-state index contributed by atoms with van der Waals surface area (Å²) in [5.74, 6) is -0.509. The molecule has 0 saturated carbocycles. The van der Waals surface area contributed by atoms with Crippen molar-refractivity contribution in [2.75, 3.05) is 13.7 Å². The molecule has 3 N–H and O–H groups in total. The number of amides is 1. The van der Waals surface area contributed by atoms with Gasteiger partial charge in [-0.15, -0.1) is 11.3 Å². The van der Waals surface area contributed by atoms with Crippen LogP contribution in [-0.4, -0.2) is 47.6 Å². The van der Waals surface area contributed by atoms with E-state index >= 15 is 0 Å². The number of alkyl carbamates (subject to hydrolysis) is 1. The summed E-state index contributed by atoms with van der Waals surface area (Å²) in [4.78, 5) is 23.5. The highest BCUT2D eigenvalue weighted by atomic mass is 32.1. The first-order valence-electron chi connectivity index (χ1n) is 6.65. The van der Waals surface area contributed by atoms with Crippen LogP contribution >= 0.6 is 11.3 Å². The van der Waals surface area contributed by atoms with E-state index in [1.54, 1.807) is 20.8 Å². The van der Waals surface area contributed by atoms with E-state index in [1.807, 2.05) is 0 Å². The fraction of sp³-hybridized carbons (Fsp3) is 0.571. The molecule has 0 radical (unpaired) electrons. The van der Waals surface area contributed by atoms with Gasteiger partial charge >= 0.3 is 12.1 Å². The summed E-state index contributed by atoms with van der Waals surface area (Å²) < 4.78 is 9.59. The summed E-state index contributed by atoms with van der Waals surface area (Å²) >= 11 is 1.02. The van der Waals surface area contributed by atoms with Gasteiger partial charge in [-0.05, 0) is 32.9 Å². The third-order valence-electron chi connectivity index (χ3n) is 2.52. The van der Waals surface area contributed by atoms with Crippen molar-refractivity contribution in [2.24, 2.45) is 0 Å². The number of nitrogens with one attached hydrogen (secondary N) is 1. The van der Waals surface area contributed by atoms with Crippen LogP contribution in [0.4, 0.5) is 4.79 Å². The van der Waals surface area contributed by atoms with Crippen LogP contribution in [0.1, 0.15) is 41.4 Å². The molecule has 0 spiro atoms. The number of carbonyl (C=O) groups is 2. The molecule has 0 aliphatic carbocycles. The minimum atomic E-state index is -1.23. The zero-order valence-electron chi connectivity index (χ0n) is 13.0. The van der Waals surface area contributed by atoms with Gasteiger partial charge in [-0.25, -0.2) is 9.59 Å². The maximum Gasteiger partial charge on any atom is 0.407 e. The number of hydrogen-bond acceptors (Lipinski definition) is 7. The number of thiophene rings is 1. The van der Waals surface area contributed by atoms with Crippen molar-refractivity contribution in [3.05, 3.63) is 21.9 Å². The van der Waals surface area contributed by atoms with Crippen LogP contribution in [0, 0.1) is 0 Å². The smallest absolute Gasteiger partial charge is 0.407 e. The van der Waals surface area contributed by atoms with Gasteiger partial charge in [-0.1, -0.05) is 0 Å². The SMILES string of the molecule is COC(=O)c1ccc(C(O)C(O)CNC(=O)OC(C)(C)C)s1. The number of ether oxygens (including phenoxy) is 2. The van der Waals surface area contributed by atoms with Crippen molar-refractivity contribution < 1.29 is 29.3 Å². The van der Waals surface area contributed by atoms with Crippen molar-refractivity contribution in [2.45, 2.75) is 38.6 Å². The first-order chi connectivity index (χ1) is 10.1. The Balaban J connectivity index is 2.54. The predicted octanol–water partition coefficient (Wildman–Crippen LogP) is 1.45. The lowest BCUT2D eigenvalue weighted by atomic mass is 10.1. The molecule has 0 saturated heterocycles. The van der Waals surface area contributed by atoms with E-state index in [-0.39, 0.29) is 6.54 Å². The Morgan fingerprint density at radius 2 is 1.95 bits per heavy atom. The number of hydrogen-bond donors (Lipinski definition) is 3. The van der Waals surface area contributed by atoms with Gasteiger partial charge in [0.05, 0.1) is 7.11 Å². The van der Waals surface area contributed by atoms with Gasteiger partial charge in [0.2, 0.25) is 0 Å². The number of rotatable bonds is 5. The number of aliphatic hydroxyl groups is 2. The monoisotopic (exact) mass is 331 g/mol. The second-order valence-electron chi connectivity index (χ2n) is 5.59. The van der Waals surface area contributed by atoms with Crippen LogP contribution in [0.2, 0.25) is 0 Å². The molecule has 0 aromatic carbocycles. The molecule has 1 rings (SSSR count). The van der Waals surface area contributed by atoms with E-state index in [0.717, 1.165) is 11.3 Å². The van der Waals surface area contributed by atoms with E-state index in [2.05, 4.69) is 10.1 Å². The summed E-state index contributed by atoms with van der Waals surface area (Å²) in [6.07, 6.45) is -3.13. The molecular formula is C14H21NO6S. The van der Waals surface area contributed by atoms with Crippen LogP contribution in [0.3, 0.4) is 0 Å². The van der Waals surface area contributed by atoms with Crippen LogP contribution in [0.15, 0.2) is 12.1 Å². The minimum absolute atomic E-state index is 0.179. The molecule has 8 heteroatoms.